The van der Waals surface area contributed by atoms with Crippen LogP contribution < -0.4 is 5.73 Å². The van der Waals surface area contributed by atoms with Gasteiger partial charge >= 0.3 is 5.97 Å². The van der Waals surface area contributed by atoms with Crippen molar-refractivity contribution in [3.8, 4) is 0 Å². The molecule has 1 aromatic heterocycles. The van der Waals surface area contributed by atoms with Gasteiger partial charge in [0.15, 0.2) is 5.69 Å². The molecule has 0 saturated heterocycles. The zero-order chi connectivity index (χ0) is 11.3. The number of nitrogen functional groups attached to an aromatic ring is 1. The molecule has 0 aliphatic rings. The van der Waals surface area contributed by atoms with E-state index in [0.717, 1.165) is 0 Å². The summed E-state index contributed by atoms with van der Waals surface area (Å²) in [6.07, 6.45) is 1.44. The third kappa shape index (κ3) is 2.69. The molecule has 15 heavy (non-hydrogen) atoms. The van der Waals surface area contributed by atoms with Crippen LogP contribution in [0.4, 0.5) is 5.69 Å². The van der Waals surface area contributed by atoms with E-state index in [1.165, 1.54) is 10.9 Å². The lowest BCUT2D eigenvalue weighted by atomic mass is 10.4. The zero-order valence-electron chi connectivity index (χ0n) is 8.90. The number of hydrogen-bond donors (Lipinski definition) is 1. The van der Waals surface area contributed by atoms with E-state index in [1.807, 2.05) is 6.92 Å². The summed E-state index contributed by atoms with van der Waals surface area (Å²) in [6, 6.07) is 0. The number of esters is 1. The average Bonchev–Trinajstić information content (AvgIpc) is 2.59. The molecule has 0 radical (unpaired) electrons. The first-order valence-corrected chi connectivity index (χ1v) is 4.68. The molecule has 0 aliphatic carbocycles. The smallest absolute Gasteiger partial charge is 0.358 e. The predicted molar refractivity (Wildman–Crippen MR) is 54.5 cm³/mol. The molecular weight excluding hydrogens is 198 g/mol. The molecule has 0 bridgehead atoms. The van der Waals surface area contributed by atoms with Crippen LogP contribution in [0.2, 0.25) is 0 Å². The van der Waals surface area contributed by atoms with Gasteiger partial charge in [-0.3, -0.25) is 4.68 Å². The molecule has 0 amide bonds. The van der Waals surface area contributed by atoms with E-state index in [-0.39, 0.29) is 6.61 Å². The maximum Gasteiger partial charge on any atom is 0.358 e. The lowest BCUT2D eigenvalue weighted by Gasteiger charge is -2.06. The first-order chi connectivity index (χ1) is 7.20. The van der Waals surface area contributed by atoms with E-state index in [9.17, 15) is 4.79 Å². The van der Waals surface area contributed by atoms with Crippen molar-refractivity contribution in [1.29, 1.82) is 0 Å². The summed E-state index contributed by atoms with van der Waals surface area (Å²) in [5.74, 6) is -0.469. The minimum absolute atomic E-state index is 0.212. The summed E-state index contributed by atoms with van der Waals surface area (Å²) in [4.78, 5) is 11.6. The van der Waals surface area contributed by atoms with Crippen molar-refractivity contribution in [3.63, 3.8) is 0 Å². The first kappa shape index (κ1) is 11.5. The van der Waals surface area contributed by atoms with E-state index in [0.29, 0.717) is 24.5 Å². The van der Waals surface area contributed by atoms with Crippen LogP contribution >= 0.6 is 0 Å². The third-order valence-electron chi connectivity index (χ3n) is 1.88. The number of carbonyl (C=O) groups excluding carboxylic acids is 1. The zero-order valence-corrected chi connectivity index (χ0v) is 8.90. The highest BCUT2D eigenvalue weighted by atomic mass is 16.6. The van der Waals surface area contributed by atoms with Gasteiger partial charge in [0.05, 0.1) is 18.5 Å². The number of anilines is 1. The van der Waals surface area contributed by atoms with Crippen molar-refractivity contribution in [2.24, 2.45) is 0 Å². The van der Waals surface area contributed by atoms with E-state index in [1.54, 1.807) is 7.11 Å². The van der Waals surface area contributed by atoms with Gasteiger partial charge in [-0.25, -0.2) is 4.79 Å². The second-order valence-electron chi connectivity index (χ2n) is 2.89. The predicted octanol–water partition coefficient (Wildman–Crippen LogP) is 0.288. The molecule has 6 nitrogen and oxygen atoms in total. The summed E-state index contributed by atoms with van der Waals surface area (Å²) >= 11 is 0. The maximum atomic E-state index is 11.6. The number of aryl methyl sites for hydroxylation is 1. The summed E-state index contributed by atoms with van der Waals surface area (Å²) in [5, 5.41) is 3.94. The monoisotopic (exact) mass is 213 g/mol. The lowest BCUT2D eigenvalue weighted by Crippen LogP contribution is -2.16. The van der Waals surface area contributed by atoms with Gasteiger partial charge in [-0.2, -0.15) is 5.10 Å². The Bertz CT molecular complexity index is 335. The second-order valence-corrected chi connectivity index (χ2v) is 2.89. The molecule has 0 aliphatic heterocycles. The van der Waals surface area contributed by atoms with Crippen LogP contribution in [0.1, 0.15) is 17.4 Å². The maximum absolute atomic E-state index is 11.6. The van der Waals surface area contributed by atoms with E-state index in [4.69, 9.17) is 15.2 Å². The van der Waals surface area contributed by atoms with Crippen LogP contribution in [0.25, 0.3) is 0 Å². The lowest BCUT2D eigenvalue weighted by molar-refractivity contribution is 0.0376. The summed E-state index contributed by atoms with van der Waals surface area (Å²) in [5.41, 5.74) is 6.24. The molecular formula is C9H15N3O3. The highest BCUT2D eigenvalue weighted by Gasteiger charge is 2.17. The molecule has 0 fully saturated rings. The van der Waals surface area contributed by atoms with Gasteiger partial charge in [0.25, 0.3) is 0 Å². The van der Waals surface area contributed by atoms with Crippen molar-refractivity contribution < 1.29 is 14.3 Å². The molecule has 6 heteroatoms. The minimum Gasteiger partial charge on any atom is -0.458 e. The Morgan fingerprint density at radius 1 is 1.60 bits per heavy atom. The van der Waals surface area contributed by atoms with Crippen molar-refractivity contribution in [1.82, 2.24) is 9.78 Å². The van der Waals surface area contributed by atoms with Gasteiger partial charge in [0.1, 0.15) is 6.61 Å². The minimum atomic E-state index is -0.469. The van der Waals surface area contributed by atoms with Gasteiger partial charge in [0, 0.05) is 13.7 Å². The average molecular weight is 213 g/mol. The summed E-state index contributed by atoms with van der Waals surface area (Å²) in [7, 11) is 1.54. The number of ether oxygens (including phenoxy) is 2. The molecule has 0 saturated carbocycles. The fourth-order valence-corrected chi connectivity index (χ4v) is 1.15. The van der Waals surface area contributed by atoms with Crippen molar-refractivity contribution in [2.75, 3.05) is 26.1 Å². The number of hydrogen-bond acceptors (Lipinski definition) is 5. The Morgan fingerprint density at radius 2 is 2.33 bits per heavy atom. The fraction of sp³-hybridized carbons (Fsp3) is 0.556. The number of rotatable bonds is 5. The molecule has 1 aromatic rings. The SMILES string of the molecule is CCn1ncc(N)c1C(=O)OCCOC. The molecule has 1 rings (SSSR count). The van der Waals surface area contributed by atoms with Gasteiger partial charge in [-0.05, 0) is 6.92 Å². The largest absolute Gasteiger partial charge is 0.458 e. The van der Waals surface area contributed by atoms with Crippen LogP contribution in [-0.2, 0) is 16.0 Å². The molecule has 0 spiro atoms. The first-order valence-electron chi connectivity index (χ1n) is 4.68. The van der Waals surface area contributed by atoms with Gasteiger partial charge in [-0.15, -0.1) is 0 Å². The standard InChI is InChI=1S/C9H15N3O3/c1-3-12-8(7(10)6-11-12)9(13)15-5-4-14-2/h6H,3-5,10H2,1-2H3. The van der Waals surface area contributed by atoms with E-state index >= 15 is 0 Å². The number of aromatic nitrogens is 2. The number of carbonyl (C=O) groups is 1. The van der Waals surface area contributed by atoms with Crippen LogP contribution in [0.15, 0.2) is 6.20 Å². The Kier molecular flexibility index (Phi) is 4.11. The molecule has 84 valence electrons. The quantitative estimate of drug-likeness (QED) is 0.561. The highest BCUT2D eigenvalue weighted by molar-refractivity contribution is 5.93. The van der Waals surface area contributed by atoms with Crippen molar-refractivity contribution >= 4 is 11.7 Å². The Morgan fingerprint density at radius 3 is 2.93 bits per heavy atom. The van der Waals surface area contributed by atoms with Crippen LogP contribution in [0, 0.1) is 0 Å². The Labute approximate surface area is 88.0 Å². The van der Waals surface area contributed by atoms with E-state index < -0.39 is 5.97 Å². The second kappa shape index (κ2) is 5.35. The van der Waals surface area contributed by atoms with Crippen LogP contribution in [0.5, 0.6) is 0 Å². The third-order valence-corrected chi connectivity index (χ3v) is 1.88. The van der Waals surface area contributed by atoms with Gasteiger partial charge < -0.3 is 15.2 Å². The van der Waals surface area contributed by atoms with Gasteiger partial charge in [0.2, 0.25) is 0 Å². The number of nitrogens with zero attached hydrogens (tertiary/aromatic N) is 2. The summed E-state index contributed by atoms with van der Waals surface area (Å²) < 4.78 is 11.2. The normalized spacial score (nSPS) is 10.3. The highest BCUT2D eigenvalue weighted by Crippen LogP contribution is 2.11. The summed E-state index contributed by atoms with van der Waals surface area (Å²) in [6.45, 7) is 3.03. The van der Waals surface area contributed by atoms with Crippen LogP contribution in [0.3, 0.4) is 0 Å². The van der Waals surface area contributed by atoms with E-state index in [2.05, 4.69) is 5.10 Å². The molecule has 0 aromatic carbocycles. The van der Waals surface area contributed by atoms with Crippen LogP contribution in [-0.4, -0.2) is 36.1 Å². The Balaban J connectivity index is 2.67. The van der Waals surface area contributed by atoms with Crippen molar-refractivity contribution in [2.45, 2.75) is 13.5 Å². The topological polar surface area (TPSA) is 79.4 Å². The molecule has 2 N–H and O–H groups in total. The Hall–Kier alpha value is -1.56. The molecule has 0 unspecified atom stereocenters. The number of methoxy groups -OCH3 is 1. The fourth-order valence-electron chi connectivity index (χ4n) is 1.15. The van der Waals surface area contributed by atoms with Gasteiger partial charge in [-0.1, -0.05) is 0 Å². The number of nitrogens with two attached hydrogens (primary N) is 1. The molecule has 1 heterocycles. The molecule has 0 atom stereocenters. The van der Waals surface area contributed by atoms with Crippen molar-refractivity contribution in [3.05, 3.63) is 11.9 Å².